The molecule has 0 fully saturated rings. The van der Waals surface area contributed by atoms with Crippen molar-refractivity contribution in [2.24, 2.45) is 0 Å². The highest BCUT2D eigenvalue weighted by atomic mass is 35.5. The molecule has 3 nitrogen and oxygen atoms in total. The molecule has 0 bridgehead atoms. The Hall–Kier alpha value is -2.52. The van der Waals surface area contributed by atoms with Crippen LogP contribution in [0.5, 0.6) is 5.75 Å². The summed E-state index contributed by atoms with van der Waals surface area (Å²) in [6, 6.07) is 17.5. The maximum absolute atomic E-state index is 12.6. The summed E-state index contributed by atoms with van der Waals surface area (Å²) < 4.78 is 5.61. The lowest BCUT2D eigenvalue weighted by Gasteiger charge is -2.11. The molecule has 126 valence electrons. The second kappa shape index (κ2) is 6.77. The van der Waals surface area contributed by atoms with Gasteiger partial charge < -0.3 is 10.1 Å². The monoisotopic (exact) mass is 351 g/mol. The molecule has 0 saturated heterocycles. The number of hydrogen-bond donors (Lipinski definition) is 1. The smallest absolute Gasteiger partial charge is 0.252 e. The van der Waals surface area contributed by atoms with Gasteiger partial charge in [-0.15, -0.1) is 0 Å². The third-order valence-electron chi connectivity index (χ3n) is 4.60. The molecule has 1 amide bonds. The van der Waals surface area contributed by atoms with Crippen LogP contribution >= 0.6 is 11.6 Å². The van der Waals surface area contributed by atoms with Gasteiger partial charge in [-0.2, -0.15) is 0 Å². The first kappa shape index (κ1) is 16.0. The van der Waals surface area contributed by atoms with Crippen molar-refractivity contribution >= 4 is 28.3 Å². The molecule has 25 heavy (non-hydrogen) atoms. The molecule has 1 N–H and O–H groups in total. The van der Waals surface area contributed by atoms with Crippen LogP contribution in [0, 0.1) is 0 Å². The molecule has 4 heteroatoms. The van der Waals surface area contributed by atoms with E-state index in [-0.39, 0.29) is 5.91 Å². The van der Waals surface area contributed by atoms with E-state index in [4.69, 9.17) is 16.3 Å². The molecule has 0 atom stereocenters. The highest BCUT2D eigenvalue weighted by Crippen LogP contribution is 2.32. The number of halogens is 1. The van der Waals surface area contributed by atoms with E-state index in [0.29, 0.717) is 23.9 Å². The number of para-hydroxylation sites is 1. The van der Waals surface area contributed by atoms with Gasteiger partial charge in [-0.05, 0) is 52.9 Å². The molecule has 3 aromatic rings. The molecular weight excluding hydrogens is 334 g/mol. The van der Waals surface area contributed by atoms with Gasteiger partial charge in [0.05, 0.1) is 11.6 Å². The average Bonchev–Trinajstić information content (AvgIpc) is 3.05. The fourth-order valence-electron chi connectivity index (χ4n) is 3.43. The van der Waals surface area contributed by atoms with E-state index >= 15 is 0 Å². The molecule has 4 rings (SSSR count). The maximum atomic E-state index is 12.6. The largest absolute Gasteiger partial charge is 0.490 e. The van der Waals surface area contributed by atoms with Crippen molar-refractivity contribution in [3.05, 3.63) is 76.3 Å². The van der Waals surface area contributed by atoms with E-state index in [1.54, 1.807) is 6.07 Å². The van der Waals surface area contributed by atoms with Crippen LogP contribution in [0.1, 0.15) is 21.5 Å². The third-order valence-corrected chi connectivity index (χ3v) is 4.92. The topological polar surface area (TPSA) is 38.3 Å². The van der Waals surface area contributed by atoms with Crippen LogP contribution in [0.2, 0.25) is 5.02 Å². The number of ether oxygens (including phenoxy) is 1. The molecule has 0 spiro atoms. The number of amides is 1. The summed E-state index contributed by atoms with van der Waals surface area (Å²) >= 11 is 6.05. The molecule has 0 aliphatic heterocycles. The van der Waals surface area contributed by atoms with Crippen molar-refractivity contribution in [2.75, 3.05) is 13.2 Å². The summed E-state index contributed by atoms with van der Waals surface area (Å²) in [7, 11) is 0. The summed E-state index contributed by atoms with van der Waals surface area (Å²) in [6.45, 7) is 0.795. The van der Waals surface area contributed by atoms with Gasteiger partial charge in [0, 0.05) is 5.56 Å². The van der Waals surface area contributed by atoms with Crippen LogP contribution in [-0.4, -0.2) is 19.1 Å². The van der Waals surface area contributed by atoms with E-state index in [2.05, 4.69) is 17.4 Å². The number of carbonyl (C=O) groups excluding carboxylic acids is 1. The predicted octanol–water partition coefficient (Wildman–Crippen LogP) is 4.40. The lowest BCUT2D eigenvalue weighted by atomic mass is 9.99. The third kappa shape index (κ3) is 3.08. The second-order valence-corrected chi connectivity index (χ2v) is 6.55. The van der Waals surface area contributed by atoms with Gasteiger partial charge >= 0.3 is 0 Å². The van der Waals surface area contributed by atoms with Crippen LogP contribution in [0.4, 0.5) is 0 Å². The minimum absolute atomic E-state index is 0.0710. The standard InChI is InChI=1S/C21H18ClNO2/c22-18-6-1-2-7-19(18)25-13-12-23-21(24)17-11-10-15-9-8-14-4-3-5-16(17)20(14)15/h1-7,10-11H,8-9,12-13H2,(H,23,24). The van der Waals surface area contributed by atoms with Gasteiger partial charge in [0.2, 0.25) is 0 Å². The van der Waals surface area contributed by atoms with Gasteiger partial charge in [-0.25, -0.2) is 0 Å². The molecular formula is C21H18ClNO2. The van der Waals surface area contributed by atoms with Crippen molar-refractivity contribution in [3.63, 3.8) is 0 Å². The maximum Gasteiger partial charge on any atom is 0.252 e. The van der Waals surface area contributed by atoms with E-state index in [1.807, 2.05) is 36.4 Å². The summed E-state index contributed by atoms with van der Waals surface area (Å²) in [5, 5.41) is 5.79. The molecule has 1 aliphatic rings. The quantitative estimate of drug-likeness (QED) is 0.692. The Kier molecular flexibility index (Phi) is 4.33. The molecule has 0 aromatic heterocycles. The molecule has 0 heterocycles. The van der Waals surface area contributed by atoms with Crippen molar-refractivity contribution in [2.45, 2.75) is 12.8 Å². The Morgan fingerprint density at radius 2 is 1.80 bits per heavy atom. The zero-order chi connectivity index (χ0) is 17.2. The highest BCUT2D eigenvalue weighted by Gasteiger charge is 2.18. The number of rotatable bonds is 5. The normalized spacial score (nSPS) is 12.4. The minimum atomic E-state index is -0.0710. The van der Waals surface area contributed by atoms with Gasteiger partial charge in [0.1, 0.15) is 12.4 Å². The fraction of sp³-hybridized carbons (Fsp3) is 0.190. The Bertz CT molecular complexity index is 942. The van der Waals surface area contributed by atoms with Crippen molar-refractivity contribution in [1.82, 2.24) is 5.32 Å². The summed E-state index contributed by atoms with van der Waals surface area (Å²) in [4.78, 5) is 12.6. The lowest BCUT2D eigenvalue weighted by molar-refractivity contribution is 0.0948. The summed E-state index contributed by atoms with van der Waals surface area (Å²) in [6.07, 6.45) is 2.12. The average molecular weight is 352 g/mol. The van der Waals surface area contributed by atoms with Crippen molar-refractivity contribution in [3.8, 4) is 5.75 Å². The van der Waals surface area contributed by atoms with Gasteiger partial charge in [0.15, 0.2) is 0 Å². The highest BCUT2D eigenvalue weighted by molar-refractivity contribution is 6.32. The Labute approximate surface area is 151 Å². The first-order chi connectivity index (χ1) is 12.2. The molecule has 3 aromatic carbocycles. The summed E-state index contributed by atoms with van der Waals surface area (Å²) in [5.41, 5.74) is 3.40. The number of hydrogen-bond acceptors (Lipinski definition) is 2. The predicted molar refractivity (Wildman–Crippen MR) is 101 cm³/mol. The van der Waals surface area contributed by atoms with Crippen LogP contribution < -0.4 is 10.1 Å². The van der Waals surface area contributed by atoms with Gasteiger partial charge in [0.25, 0.3) is 5.91 Å². The SMILES string of the molecule is O=C(NCCOc1ccccc1Cl)c1ccc2c3c(cccc13)CC2. The lowest BCUT2D eigenvalue weighted by Crippen LogP contribution is -2.28. The Morgan fingerprint density at radius 1 is 1.00 bits per heavy atom. The Morgan fingerprint density at radius 3 is 2.64 bits per heavy atom. The van der Waals surface area contributed by atoms with E-state index in [1.165, 1.54) is 16.5 Å². The van der Waals surface area contributed by atoms with Gasteiger partial charge in [-0.1, -0.05) is 48.0 Å². The van der Waals surface area contributed by atoms with Crippen LogP contribution in [-0.2, 0) is 12.8 Å². The number of carbonyl (C=O) groups is 1. The molecule has 0 unspecified atom stereocenters. The first-order valence-electron chi connectivity index (χ1n) is 8.43. The van der Waals surface area contributed by atoms with E-state index in [9.17, 15) is 4.79 Å². The van der Waals surface area contributed by atoms with Crippen molar-refractivity contribution in [1.29, 1.82) is 0 Å². The number of nitrogens with one attached hydrogen (secondary N) is 1. The first-order valence-corrected chi connectivity index (χ1v) is 8.81. The molecule has 0 radical (unpaired) electrons. The Balaban J connectivity index is 1.44. The number of benzene rings is 3. The summed E-state index contributed by atoms with van der Waals surface area (Å²) in [5.74, 6) is 0.558. The zero-order valence-electron chi connectivity index (χ0n) is 13.7. The fourth-order valence-corrected chi connectivity index (χ4v) is 3.62. The zero-order valence-corrected chi connectivity index (χ0v) is 14.5. The van der Waals surface area contributed by atoms with Gasteiger partial charge in [-0.3, -0.25) is 4.79 Å². The van der Waals surface area contributed by atoms with E-state index in [0.717, 1.165) is 23.8 Å². The second-order valence-electron chi connectivity index (χ2n) is 6.15. The van der Waals surface area contributed by atoms with Crippen LogP contribution in [0.15, 0.2) is 54.6 Å². The minimum Gasteiger partial charge on any atom is -0.490 e. The van der Waals surface area contributed by atoms with Crippen LogP contribution in [0.3, 0.4) is 0 Å². The van der Waals surface area contributed by atoms with Crippen LogP contribution in [0.25, 0.3) is 10.8 Å². The number of aryl methyl sites for hydroxylation is 2. The molecule has 0 saturated carbocycles. The van der Waals surface area contributed by atoms with Crippen molar-refractivity contribution < 1.29 is 9.53 Å². The van der Waals surface area contributed by atoms with E-state index < -0.39 is 0 Å². The molecule has 1 aliphatic carbocycles.